The fourth-order valence-electron chi connectivity index (χ4n) is 2.79. The van der Waals surface area contributed by atoms with Gasteiger partial charge in [0, 0.05) is 24.2 Å². The lowest BCUT2D eigenvalue weighted by Gasteiger charge is -2.22. The predicted molar refractivity (Wildman–Crippen MR) is 112 cm³/mol. The zero-order chi connectivity index (χ0) is 19.7. The number of fused-ring (bicyclic) bond motifs is 1. The molecule has 1 amide bonds. The van der Waals surface area contributed by atoms with Gasteiger partial charge in [0.1, 0.15) is 5.69 Å². The Bertz CT molecular complexity index is 962. The molecule has 8 heteroatoms. The number of hydrogen-bond acceptors (Lipinski definition) is 5. The SMILES string of the molecule is Cc1cc(C(=O)N(CCN(C)C)c2nc3ccc(Cl)cc3s2)n(C(C)C)n1. The molecule has 3 aromatic rings. The molecular formula is C19H24ClN5OS. The average Bonchev–Trinajstić information content (AvgIpc) is 3.17. The van der Waals surface area contributed by atoms with Gasteiger partial charge in [0.05, 0.1) is 15.9 Å². The first kappa shape index (κ1) is 19.8. The van der Waals surface area contributed by atoms with E-state index in [0.717, 1.165) is 22.5 Å². The first-order valence-corrected chi connectivity index (χ1v) is 10.0. The van der Waals surface area contributed by atoms with Gasteiger partial charge >= 0.3 is 0 Å². The zero-order valence-corrected chi connectivity index (χ0v) is 17.8. The number of carbonyl (C=O) groups excluding carboxylic acids is 1. The quantitative estimate of drug-likeness (QED) is 0.615. The summed E-state index contributed by atoms with van der Waals surface area (Å²) in [5, 5.41) is 5.82. The summed E-state index contributed by atoms with van der Waals surface area (Å²) < 4.78 is 2.75. The molecule has 0 unspecified atom stereocenters. The third-order valence-corrected chi connectivity index (χ3v) is 5.43. The number of aromatic nitrogens is 3. The van der Waals surface area contributed by atoms with Crippen molar-refractivity contribution in [3.8, 4) is 0 Å². The van der Waals surface area contributed by atoms with Crippen LogP contribution in [0.2, 0.25) is 5.02 Å². The van der Waals surface area contributed by atoms with Gasteiger partial charge in [-0.05, 0) is 59.1 Å². The molecule has 0 aliphatic heterocycles. The van der Waals surface area contributed by atoms with Gasteiger partial charge in [-0.2, -0.15) is 5.10 Å². The molecule has 6 nitrogen and oxygen atoms in total. The molecule has 2 aromatic heterocycles. The maximum Gasteiger partial charge on any atom is 0.278 e. The van der Waals surface area contributed by atoms with E-state index in [2.05, 4.69) is 15.0 Å². The molecule has 1 aromatic carbocycles. The fourth-order valence-corrected chi connectivity index (χ4v) is 4.06. The van der Waals surface area contributed by atoms with E-state index >= 15 is 0 Å². The Hall–Kier alpha value is -1.96. The molecule has 0 N–H and O–H groups in total. The summed E-state index contributed by atoms with van der Waals surface area (Å²) in [6.07, 6.45) is 0. The number of amides is 1. The number of benzene rings is 1. The minimum absolute atomic E-state index is 0.0868. The van der Waals surface area contributed by atoms with Crippen LogP contribution in [0.1, 0.15) is 36.1 Å². The van der Waals surface area contributed by atoms with Crippen molar-refractivity contribution >= 4 is 44.2 Å². The summed E-state index contributed by atoms with van der Waals surface area (Å²) >= 11 is 7.58. The van der Waals surface area contributed by atoms with Crippen LogP contribution in [0.15, 0.2) is 24.3 Å². The smallest absolute Gasteiger partial charge is 0.278 e. The number of halogens is 1. The number of likely N-dealkylation sites (N-methyl/N-ethyl adjacent to an activating group) is 1. The highest BCUT2D eigenvalue weighted by Crippen LogP contribution is 2.31. The molecule has 0 aliphatic rings. The second-order valence-electron chi connectivity index (χ2n) is 7.08. The van der Waals surface area contributed by atoms with Gasteiger partial charge in [-0.15, -0.1) is 0 Å². The zero-order valence-electron chi connectivity index (χ0n) is 16.2. The highest BCUT2D eigenvalue weighted by Gasteiger charge is 2.25. The van der Waals surface area contributed by atoms with Crippen LogP contribution in [0.4, 0.5) is 5.13 Å². The van der Waals surface area contributed by atoms with Gasteiger partial charge in [0.25, 0.3) is 5.91 Å². The predicted octanol–water partition coefficient (Wildman–Crippen LogP) is 4.24. The van der Waals surface area contributed by atoms with Crippen LogP contribution in [0, 0.1) is 6.92 Å². The minimum atomic E-state index is -0.0868. The van der Waals surface area contributed by atoms with Crippen molar-refractivity contribution < 1.29 is 4.79 Å². The lowest BCUT2D eigenvalue weighted by molar-refractivity contribution is 0.0973. The molecule has 144 valence electrons. The summed E-state index contributed by atoms with van der Waals surface area (Å²) in [5.74, 6) is -0.0868. The number of carbonyl (C=O) groups is 1. The molecule has 0 bridgehead atoms. The molecule has 0 fully saturated rings. The van der Waals surface area contributed by atoms with Crippen molar-refractivity contribution in [3.63, 3.8) is 0 Å². The minimum Gasteiger partial charge on any atom is -0.308 e. The van der Waals surface area contributed by atoms with Crippen LogP contribution in [0.3, 0.4) is 0 Å². The van der Waals surface area contributed by atoms with Crippen molar-refractivity contribution in [3.05, 3.63) is 40.7 Å². The molecule has 0 saturated heterocycles. The summed E-state index contributed by atoms with van der Waals surface area (Å²) in [7, 11) is 3.98. The Morgan fingerprint density at radius 3 is 2.67 bits per heavy atom. The van der Waals surface area contributed by atoms with E-state index in [9.17, 15) is 4.79 Å². The van der Waals surface area contributed by atoms with Crippen LogP contribution in [0.5, 0.6) is 0 Å². The number of hydrogen-bond donors (Lipinski definition) is 0. The second kappa shape index (κ2) is 7.96. The molecule has 0 spiro atoms. The van der Waals surface area contributed by atoms with E-state index in [1.54, 1.807) is 9.58 Å². The van der Waals surface area contributed by atoms with E-state index < -0.39 is 0 Å². The van der Waals surface area contributed by atoms with Crippen LogP contribution in [-0.2, 0) is 0 Å². The van der Waals surface area contributed by atoms with Crippen molar-refractivity contribution in [1.29, 1.82) is 0 Å². The number of thiazole rings is 1. The van der Waals surface area contributed by atoms with Gasteiger partial charge in [-0.1, -0.05) is 22.9 Å². The van der Waals surface area contributed by atoms with E-state index in [1.807, 2.05) is 59.1 Å². The van der Waals surface area contributed by atoms with E-state index in [1.165, 1.54) is 11.3 Å². The van der Waals surface area contributed by atoms with Crippen molar-refractivity contribution in [1.82, 2.24) is 19.7 Å². The molecule has 2 heterocycles. The number of nitrogens with zero attached hydrogens (tertiary/aromatic N) is 5. The summed E-state index contributed by atoms with van der Waals surface area (Å²) in [4.78, 5) is 21.9. The summed E-state index contributed by atoms with van der Waals surface area (Å²) in [6.45, 7) is 7.22. The Kier molecular flexibility index (Phi) is 5.83. The van der Waals surface area contributed by atoms with Gasteiger partial charge in [-0.3, -0.25) is 14.4 Å². The fraction of sp³-hybridized carbons (Fsp3) is 0.421. The van der Waals surface area contributed by atoms with Crippen LogP contribution >= 0.6 is 22.9 Å². The number of rotatable bonds is 6. The Balaban J connectivity index is 2.03. The van der Waals surface area contributed by atoms with Gasteiger partial charge in [0.2, 0.25) is 0 Å². The van der Waals surface area contributed by atoms with Crippen molar-refractivity contribution in [2.45, 2.75) is 26.8 Å². The lowest BCUT2D eigenvalue weighted by atomic mass is 10.3. The van der Waals surface area contributed by atoms with E-state index in [-0.39, 0.29) is 11.9 Å². The van der Waals surface area contributed by atoms with Crippen molar-refractivity contribution in [2.75, 3.05) is 32.1 Å². The topological polar surface area (TPSA) is 54.3 Å². The summed E-state index contributed by atoms with van der Waals surface area (Å²) in [5.41, 5.74) is 2.25. The molecule has 0 radical (unpaired) electrons. The Labute approximate surface area is 168 Å². The largest absolute Gasteiger partial charge is 0.308 e. The first-order chi connectivity index (χ1) is 12.8. The molecular weight excluding hydrogens is 382 g/mol. The lowest BCUT2D eigenvalue weighted by Crippen LogP contribution is -2.38. The highest BCUT2D eigenvalue weighted by molar-refractivity contribution is 7.22. The molecule has 0 atom stereocenters. The van der Waals surface area contributed by atoms with Gasteiger partial charge in [0.15, 0.2) is 5.13 Å². The molecule has 27 heavy (non-hydrogen) atoms. The molecule has 0 aliphatic carbocycles. The standard InChI is InChI=1S/C19H24ClN5OS/c1-12(2)25-16(10-13(3)22-25)18(26)24(9-8-23(4)5)19-21-15-7-6-14(20)11-17(15)27-19/h6-7,10-12H,8-9H2,1-5H3. The van der Waals surface area contributed by atoms with Crippen LogP contribution in [-0.4, -0.2) is 52.8 Å². The van der Waals surface area contributed by atoms with Gasteiger partial charge < -0.3 is 4.90 Å². The third kappa shape index (κ3) is 4.31. The normalized spacial score (nSPS) is 11.7. The monoisotopic (exact) mass is 405 g/mol. The molecule has 0 saturated carbocycles. The first-order valence-electron chi connectivity index (χ1n) is 8.85. The molecule has 3 rings (SSSR count). The van der Waals surface area contributed by atoms with E-state index in [4.69, 9.17) is 11.6 Å². The number of aryl methyl sites for hydroxylation is 1. The third-order valence-electron chi connectivity index (χ3n) is 4.15. The van der Waals surface area contributed by atoms with Crippen molar-refractivity contribution in [2.24, 2.45) is 0 Å². The Morgan fingerprint density at radius 1 is 1.26 bits per heavy atom. The maximum atomic E-state index is 13.4. The van der Waals surface area contributed by atoms with Gasteiger partial charge in [-0.25, -0.2) is 4.98 Å². The van der Waals surface area contributed by atoms with Crippen LogP contribution in [0.25, 0.3) is 10.2 Å². The Morgan fingerprint density at radius 2 is 2.00 bits per heavy atom. The average molecular weight is 406 g/mol. The highest BCUT2D eigenvalue weighted by atomic mass is 35.5. The summed E-state index contributed by atoms with van der Waals surface area (Å²) in [6, 6.07) is 7.53. The second-order valence-corrected chi connectivity index (χ2v) is 8.52. The number of anilines is 1. The van der Waals surface area contributed by atoms with E-state index in [0.29, 0.717) is 22.4 Å². The van der Waals surface area contributed by atoms with Crippen LogP contribution < -0.4 is 4.90 Å². The maximum absolute atomic E-state index is 13.4.